The Morgan fingerprint density at radius 1 is 0.971 bits per heavy atom. The molecule has 0 spiro atoms. The summed E-state index contributed by atoms with van der Waals surface area (Å²) in [5.74, 6) is 0.504. The molecule has 9 heteroatoms. The lowest BCUT2D eigenvalue weighted by Gasteiger charge is -2.16. The number of hydrogen-bond acceptors (Lipinski definition) is 7. The van der Waals surface area contributed by atoms with E-state index in [1.807, 2.05) is 80.6 Å². The molecular formula is C26H24N4O2S3. The number of anilines is 2. The maximum atomic E-state index is 13.3. The van der Waals surface area contributed by atoms with E-state index in [0.29, 0.717) is 21.5 Å². The van der Waals surface area contributed by atoms with E-state index in [4.69, 9.17) is 0 Å². The largest absolute Gasteiger partial charge is 0.322 e. The van der Waals surface area contributed by atoms with E-state index in [1.165, 1.54) is 35.1 Å². The molecule has 4 rings (SSSR count). The third kappa shape index (κ3) is 6.94. The number of nitrogens with zero attached hydrogens (tertiary/aromatic N) is 2. The topological polar surface area (TPSA) is 84.0 Å². The van der Waals surface area contributed by atoms with E-state index in [-0.39, 0.29) is 11.8 Å². The predicted octanol–water partition coefficient (Wildman–Crippen LogP) is 6.68. The second-order valence-electron chi connectivity index (χ2n) is 7.56. The van der Waals surface area contributed by atoms with E-state index in [9.17, 15) is 9.59 Å². The van der Waals surface area contributed by atoms with Crippen LogP contribution in [0.2, 0.25) is 0 Å². The Bertz CT molecular complexity index is 1290. The third-order valence-corrected chi connectivity index (χ3v) is 7.63. The molecule has 1 heterocycles. The normalized spacial score (nSPS) is 11.6. The van der Waals surface area contributed by atoms with Gasteiger partial charge in [-0.2, -0.15) is 9.36 Å². The maximum Gasteiger partial charge on any atom is 0.255 e. The monoisotopic (exact) mass is 520 g/mol. The van der Waals surface area contributed by atoms with Gasteiger partial charge in [-0.15, -0.1) is 11.8 Å². The minimum Gasteiger partial charge on any atom is -0.322 e. The molecular weight excluding hydrogens is 497 g/mol. The van der Waals surface area contributed by atoms with Crippen molar-refractivity contribution < 1.29 is 9.59 Å². The number of aryl methyl sites for hydroxylation is 1. The van der Waals surface area contributed by atoms with Crippen LogP contribution in [-0.4, -0.2) is 26.9 Å². The van der Waals surface area contributed by atoms with Crippen LogP contribution >= 0.6 is 35.1 Å². The van der Waals surface area contributed by atoms with E-state index >= 15 is 0 Å². The maximum absolute atomic E-state index is 13.3. The van der Waals surface area contributed by atoms with Gasteiger partial charge in [0.15, 0.2) is 0 Å². The molecule has 35 heavy (non-hydrogen) atoms. The summed E-state index contributed by atoms with van der Waals surface area (Å²) >= 11 is 4.12. The summed E-state index contributed by atoms with van der Waals surface area (Å²) in [7, 11) is 0. The highest BCUT2D eigenvalue weighted by Gasteiger charge is 2.23. The summed E-state index contributed by atoms with van der Waals surface area (Å²) in [5.41, 5.74) is 3.22. The number of benzene rings is 3. The van der Waals surface area contributed by atoms with Crippen LogP contribution in [0.25, 0.3) is 0 Å². The second kappa shape index (κ2) is 12.0. The zero-order valence-corrected chi connectivity index (χ0v) is 21.7. The molecule has 0 saturated heterocycles. The quantitative estimate of drug-likeness (QED) is 0.239. The van der Waals surface area contributed by atoms with Gasteiger partial charge in [0.1, 0.15) is 5.25 Å². The van der Waals surface area contributed by atoms with E-state index in [1.54, 1.807) is 12.1 Å². The number of carbonyl (C=O) groups is 2. The van der Waals surface area contributed by atoms with Crippen LogP contribution in [0.3, 0.4) is 0 Å². The number of hydrogen-bond donors (Lipinski definition) is 2. The smallest absolute Gasteiger partial charge is 0.255 e. The van der Waals surface area contributed by atoms with Gasteiger partial charge in [0.25, 0.3) is 5.91 Å². The first-order chi connectivity index (χ1) is 17.0. The van der Waals surface area contributed by atoms with Crippen LogP contribution in [-0.2, 0) is 4.79 Å². The Kier molecular flexibility index (Phi) is 8.57. The molecule has 2 amide bonds. The third-order valence-electron chi connectivity index (χ3n) is 4.91. The fourth-order valence-electron chi connectivity index (χ4n) is 3.21. The van der Waals surface area contributed by atoms with Gasteiger partial charge in [0.05, 0.1) is 0 Å². The Morgan fingerprint density at radius 2 is 1.74 bits per heavy atom. The molecule has 2 N–H and O–H groups in total. The predicted molar refractivity (Wildman–Crippen MR) is 146 cm³/mol. The molecule has 0 aliphatic carbocycles. The lowest BCUT2D eigenvalue weighted by atomic mass is 10.1. The lowest BCUT2D eigenvalue weighted by molar-refractivity contribution is -0.115. The van der Waals surface area contributed by atoms with E-state index in [0.717, 1.165) is 21.8 Å². The Labute approximate surface area is 217 Å². The molecule has 178 valence electrons. The van der Waals surface area contributed by atoms with Crippen LogP contribution in [0, 0.1) is 6.92 Å². The van der Waals surface area contributed by atoms with Crippen molar-refractivity contribution >= 4 is 57.7 Å². The van der Waals surface area contributed by atoms with Crippen molar-refractivity contribution in [1.82, 2.24) is 9.36 Å². The highest BCUT2D eigenvalue weighted by Crippen LogP contribution is 2.37. The standard InChI is InChI=1S/C26H24N4O2S3/c1-3-33-26-29-25(35-30-26)28-24(32)22(18-8-5-4-6-9-18)34-21-11-7-10-20(16-21)27-23(31)19-14-12-17(2)13-15-19/h4-16,22H,3H2,1-2H3,(H,27,31)(H,28,29,30,32). The number of nitrogens with one attached hydrogen (secondary N) is 2. The first-order valence-corrected chi connectivity index (χ1v) is 13.6. The van der Waals surface area contributed by atoms with E-state index in [2.05, 4.69) is 20.0 Å². The minimum absolute atomic E-state index is 0.179. The first-order valence-electron chi connectivity index (χ1n) is 11.0. The number of thioether (sulfide) groups is 2. The van der Waals surface area contributed by atoms with Gasteiger partial charge in [-0.1, -0.05) is 72.8 Å². The van der Waals surface area contributed by atoms with Crippen LogP contribution in [0.1, 0.15) is 33.7 Å². The fourth-order valence-corrected chi connectivity index (χ4v) is 5.57. The van der Waals surface area contributed by atoms with Gasteiger partial charge in [0.2, 0.25) is 16.2 Å². The molecule has 4 aromatic rings. The van der Waals surface area contributed by atoms with Gasteiger partial charge in [-0.25, -0.2) is 0 Å². The van der Waals surface area contributed by atoms with Crippen LogP contribution in [0.5, 0.6) is 0 Å². The van der Waals surface area contributed by atoms with Crippen molar-refractivity contribution in [3.05, 3.63) is 95.6 Å². The van der Waals surface area contributed by atoms with Crippen LogP contribution in [0.15, 0.2) is 88.9 Å². The van der Waals surface area contributed by atoms with Crippen molar-refractivity contribution in [2.24, 2.45) is 0 Å². The molecule has 0 saturated carbocycles. The highest BCUT2D eigenvalue weighted by molar-refractivity contribution is 8.00. The average molecular weight is 521 g/mol. The molecule has 0 radical (unpaired) electrons. The molecule has 3 aromatic carbocycles. The van der Waals surface area contributed by atoms with Crippen molar-refractivity contribution in [2.75, 3.05) is 16.4 Å². The van der Waals surface area contributed by atoms with Crippen molar-refractivity contribution in [3.8, 4) is 0 Å². The molecule has 1 unspecified atom stereocenters. The summed E-state index contributed by atoms with van der Waals surface area (Å²) in [6.07, 6.45) is 0. The number of carbonyl (C=O) groups excluding carboxylic acids is 2. The average Bonchev–Trinajstić information content (AvgIpc) is 3.30. The fraction of sp³-hybridized carbons (Fsp3) is 0.154. The molecule has 0 aliphatic rings. The SMILES string of the molecule is CCSc1nsc(NC(=O)C(Sc2cccc(NC(=O)c3ccc(C)cc3)c2)c2ccccc2)n1. The van der Waals surface area contributed by atoms with Crippen molar-refractivity contribution in [3.63, 3.8) is 0 Å². The van der Waals surface area contributed by atoms with Gasteiger partial charge in [-0.05, 0) is 48.6 Å². The number of aromatic nitrogens is 2. The summed E-state index contributed by atoms with van der Waals surface area (Å²) in [5, 5.41) is 6.49. The lowest BCUT2D eigenvalue weighted by Crippen LogP contribution is -2.19. The van der Waals surface area contributed by atoms with Gasteiger partial charge >= 0.3 is 0 Å². The molecule has 0 bridgehead atoms. The van der Waals surface area contributed by atoms with Crippen molar-refractivity contribution in [2.45, 2.75) is 29.1 Å². The van der Waals surface area contributed by atoms with Gasteiger partial charge in [0, 0.05) is 27.7 Å². The Balaban J connectivity index is 1.51. The summed E-state index contributed by atoms with van der Waals surface area (Å²) in [4.78, 5) is 31.2. The zero-order chi connectivity index (χ0) is 24.6. The van der Waals surface area contributed by atoms with Crippen molar-refractivity contribution in [1.29, 1.82) is 0 Å². The zero-order valence-electron chi connectivity index (χ0n) is 19.2. The van der Waals surface area contributed by atoms with E-state index < -0.39 is 5.25 Å². The van der Waals surface area contributed by atoms with Crippen LogP contribution < -0.4 is 10.6 Å². The summed E-state index contributed by atoms with van der Waals surface area (Å²) in [6, 6.07) is 24.5. The molecule has 0 aliphatic heterocycles. The second-order valence-corrected chi connectivity index (χ2v) is 10.7. The highest BCUT2D eigenvalue weighted by atomic mass is 32.2. The van der Waals surface area contributed by atoms with Gasteiger partial charge < -0.3 is 5.32 Å². The first kappa shape index (κ1) is 25.0. The number of amides is 2. The molecule has 6 nitrogen and oxygen atoms in total. The Hall–Kier alpha value is -3.14. The molecule has 1 atom stereocenters. The molecule has 1 aromatic heterocycles. The van der Waals surface area contributed by atoms with Crippen LogP contribution in [0.4, 0.5) is 10.8 Å². The summed E-state index contributed by atoms with van der Waals surface area (Å²) in [6.45, 7) is 4.01. The Morgan fingerprint density at radius 3 is 2.49 bits per heavy atom. The molecule has 0 fully saturated rings. The number of rotatable bonds is 9. The van der Waals surface area contributed by atoms with Gasteiger partial charge in [-0.3, -0.25) is 14.9 Å². The summed E-state index contributed by atoms with van der Waals surface area (Å²) < 4.78 is 4.28. The minimum atomic E-state index is -0.509.